The number of carbonyl (C=O) groups is 1. The van der Waals surface area contributed by atoms with Gasteiger partial charge in [-0.05, 0) is 259 Å². The molecule has 6 aromatic heterocycles. The van der Waals surface area contributed by atoms with Gasteiger partial charge in [-0.3, -0.25) is 19.7 Å². The van der Waals surface area contributed by atoms with E-state index in [1.165, 1.54) is 23.6 Å². The lowest BCUT2D eigenvalue weighted by molar-refractivity contribution is -0.150. The molecule has 0 spiro atoms. The number of carbonyl (C=O) groups excluding carboxylic acids is 1. The summed E-state index contributed by atoms with van der Waals surface area (Å²) in [5.74, 6) is 2.12. The molecule has 6 aromatic carbocycles. The van der Waals surface area contributed by atoms with E-state index in [0.717, 1.165) is 163 Å². The molecule has 532 valence electrons. The van der Waals surface area contributed by atoms with Crippen LogP contribution in [0.5, 0.6) is 17.2 Å². The van der Waals surface area contributed by atoms with Gasteiger partial charge in [-0.1, -0.05) is 0 Å². The number of nitrogens with zero attached hydrogens (tertiary/aromatic N) is 9. The van der Waals surface area contributed by atoms with Gasteiger partial charge in [0.05, 0.1) is 82.9 Å². The molecule has 0 aliphatic carbocycles. The predicted octanol–water partition coefficient (Wildman–Crippen LogP) is 16.8. The average Bonchev–Trinajstić information content (AvgIpc) is 0.744. The summed E-state index contributed by atoms with van der Waals surface area (Å²) in [6.07, 6.45) is 6.36. The summed E-state index contributed by atoms with van der Waals surface area (Å²) >= 11 is 0. The Morgan fingerprint density at radius 1 is 0.457 bits per heavy atom. The number of hydrogen-bond donors (Lipinski definition) is 2. The summed E-state index contributed by atoms with van der Waals surface area (Å²) in [6, 6.07) is 41.4. The molecule has 3 aliphatic rings. The van der Waals surface area contributed by atoms with Gasteiger partial charge >= 0.3 is 5.97 Å². The molecule has 12 aromatic rings. The van der Waals surface area contributed by atoms with Gasteiger partial charge in [-0.25, -0.2) is 15.0 Å². The van der Waals surface area contributed by atoms with Crippen molar-refractivity contribution in [3.05, 3.63) is 195 Å². The maximum atomic E-state index is 11.8. The molecule has 3 aliphatic heterocycles. The van der Waals surface area contributed by atoms with Crippen LogP contribution in [-0.4, -0.2) is 103 Å². The quantitative estimate of drug-likeness (QED) is 0.102. The minimum absolute atomic E-state index is 0.0630. The Morgan fingerprint density at radius 2 is 0.762 bits per heavy atom. The van der Waals surface area contributed by atoms with E-state index in [9.17, 15) is 30.8 Å². The molecule has 0 fully saturated rings. The number of hydrogen-bond acceptors (Lipinski definition) is 19. The molecule has 15 rings (SSSR count). The highest BCUT2D eigenvalue weighted by Crippen LogP contribution is 2.49. The van der Waals surface area contributed by atoms with Crippen molar-refractivity contribution in [1.82, 2.24) is 29.9 Å². The van der Waals surface area contributed by atoms with Gasteiger partial charge in [0.2, 0.25) is 0 Å². The maximum absolute atomic E-state index is 11.8. The Kier molecular flexibility index (Phi) is 20.1. The second kappa shape index (κ2) is 29.2. The molecule has 19 nitrogen and oxygen atoms in total. The highest BCUT2D eigenvalue weighted by atomic mass is 16.6. The first kappa shape index (κ1) is 72.3. The highest BCUT2D eigenvalue weighted by molar-refractivity contribution is 6.10. The number of ether oxygens (including phenoxy) is 7. The van der Waals surface area contributed by atoms with Crippen LogP contribution < -0.4 is 14.2 Å². The molecule has 0 saturated heterocycles. The number of nitriles is 3. The van der Waals surface area contributed by atoms with Crippen molar-refractivity contribution in [2.45, 2.75) is 144 Å². The molecule has 0 unspecified atom stereocenters. The molecule has 0 radical (unpaired) electrons. The van der Waals surface area contributed by atoms with Gasteiger partial charge in [0.15, 0.2) is 0 Å². The first-order valence-corrected chi connectivity index (χ1v) is 35.3. The van der Waals surface area contributed by atoms with E-state index < -0.39 is 35.1 Å². The van der Waals surface area contributed by atoms with Crippen molar-refractivity contribution in [1.29, 1.82) is 15.8 Å². The van der Waals surface area contributed by atoms with E-state index >= 15 is 0 Å². The standard InChI is InChI=1S/C30H29N3O4.2C28H27N3O3/c1-17-14-23-21(7-6-20(15-31)33-23)28(26(17)25(16-36-18(2)34)37-30(3,4)5)22-8-9-24-27-19(11-13-35-24)10-12-32-29(22)27;2*1-16-13-21-19(6-5-18(14-29)31-21)26(24(16)23(15-32)34-28(2,3)4)20-7-8-22-25-17(10-12-33-22)9-11-30-27(20)25/h6-10,12,14,25H,11,13,16H2,1-5H3;2*5-9,11,13,23,32H,10,12,15H2,1-4H3/t25-;2*23-/m111/s1. The molecule has 0 amide bonds. The Balaban J connectivity index is 0.000000140. The van der Waals surface area contributed by atoms with Crippen LogP contribution in [0, 0.1) is 54.8 Å². The van der Waals surface area contributed by atoms with Crippen LogP contribution in [0.15, 0.2) is 128 Å². The Bertz CT molecular complexity index is 5340. The molecule has 0 saturated carbocycles. The van der Waals surface area contributed by atoms with Gasteiger partial charge < -0.3 is 43.4 Å². The van der Waals surface area contributed by atoms with E-state index in [1.54, 1.807) is 18.2 Å². The number of rotatable bonds is 13. The van der Waals surface area contributed by atoms with Crippen LogP contribution in [0.1, 0.15) is 155 Å². The van der Waals surface area contributed by atoms with Gasteiger partial charge in [0, 0.05) is 93.8 Å². The van der Waals surface area contributed by atoms with Crippen LogP contribution in [0.4, 0.5) is 0 Å². The van der Waals surface area contributed by atoms with Gasteiger partial charge in [0.1, 0.15) is 77.5 Å². The van der Waals surface area contributed by atoms with Crippen LogP contribution >= 0.6 is 0 Å². The summed E-state index contributed by atoms with van der Waals surface area (Å²) in [4.78, 5) is 39.9. The van der Waals surface area contributed by atoms with E-state index in [2.05, 4.69) is 33.2 Å². The van der Waals surface area contributed by atoms with Crippen LogP contribution in [-0.2, 0) is 43.0 Å². The van der Waals surface area contributed by atoms with Gasteiger partial charge in [0.25, 0.3) is 0 Å². The number of aliphatic hydroxyl groups excluding tert-OH is 2. The molecular weight excluding hydrogens is 1320 g/mol. The predicted molar refractivity (Wildman–Crippen MR) is 405 cm³/mol. The van der Waals surface area contributed by atoms with Crippen LogP contribution in [0.3, 0.4) is 0 Å². The fourth-order valence-corrected chi connectivity index (χ4v) is 14.9. The SMILES string of the molecule is CC(=O)OC[C@@H](OC(C)(C)C)c1c(C)cc2nc(C#N)ccc2c1-c1ccc2c3c(ccnc13)CCO2.Cc1cc2nc(C#N)ccc2c(-c2ccc3c4c(ccnc24)CCO3)c1[C@@H](CO)OC(C)(C)C.Cc1cc2nc(C#N)ccc2c(-c2ccc3c4c(ccnc24)CCO3)c1[C@@H](CO)OC(C)(C)C. The van der Waals surface area contributed by atoms with Gasteiger partial charge in [-0.2, -0.15) is 15.8 Å². The minimum Gasteiger partial charge on any atom is -0.493 e. The monoisotopic (exact) mass is 1400 g/mol. The van der Waals surface area contributed by atoms with Crippen molar-refractivity contribution < 1.29 is 48.2 Å². The fraction of sp³-hybridized carbons (Fsp3) is 0.326. The largest absolute Gasteiger partial charge is 0.493 e. The van der Waals surface area contributed by atoms with E-state index in [-0.39, 0.29) is 25.8 Å². The third-order valence-corrected chi connectivity index (χ3v) is 18.8. The second-order valence-electron chi connectivity index (χ2n) is 29.6. The topological polar surface area (TPSA) is 271 Å². The summed E-state index contributed by atoms with van der Waals surface area (Å²) in [7, 11) is 0. The Morgan fingerprint density at radius 3 is 1.05 bits per heavy atom. The fourth-order valence-electron chi connectivity index (χ4n) is 14.9. The minimum atomic E-state index is -0.544. The Hall–Kier alpha value is -11.1. The number of pyridine rings is 6. The lowest BCUT2D eigenvalue weighted by Gasteiger charge is -2.31. The molecule has 2 N–H and O–H groups in total. The third-order valence-electron chi connectivity index (χ3n) is 18.8. The van der Waals surface area contributed by atoms with E-state index in [0.29, 0.717) is 42.4 Å². The second-order valence-corrected chi connectivity index (χ2v) is 29.6. The zero-order chi connectivity index (χ0) is 74.4. The van der Waals surface area contributed by atoms with Gasteiger partial charge in [-0.15, -0.1) is 0 Å². The van der Waals surface area contributed by atoms with E-state index in [4.69, 9.17) is 48.1 Å². The highest BCUT2D eigenvalue weighted by Gasteiger charge is 2.33. The Labute approximate surface area is 610 Å². The lowest BCUT2D eigenvalue weighted by atomic mass is 9.86. The number of benzene rings is 6. The average molecular weight is 1400 g/mol. The smallest absolute Gasteiger partial charge is 0.302 e. The molecular formula is C86H83N9O10. The summed E-state index contributed by atoms with van der Waals surface area (Å²) in [6.45, 7) is 26.9. The van der Waals surface area contributed by atoms with E-state index in [1.807, 2.05) is 193 Å². The maximum Gasteiger partial charge on any atom is 0.302 e. The lowest BCUT2D eigenvalue weighted by Crippen LogP contribution is -2.27. The molecule has 0 bridgehead atoms. The molecule has 9 heterocycles. The normalized spacial score (nSPS) is 14.0. The zero-order valence-electron chi connectivity index (χ0n) is 61.4. The number of aliphatic hydroxyl groups is 2. The number of fused-ring (bicyclic) bond motifs is 3. The molecule has 105 heavy (non-hydrogen) atoms. The van der Waals surface area contributed by atoms with Crippen LogP contribution in [0.2, 0.25) is 0 Å². The summed E-state index contributed by atoms with van der Waals surface area (Å²) in [5.41, 5.74) is 18.9. The van der Waals surface area contributed by atoms with Crippen molar-refractivity contribution in [2.24, 2.45) is 0 Å². The first-order chi connectivity index (χ1) is 50.3. The van der Waals surface area contributed by atoms with Crippen molar-refractivity contribution in [2.75, 3.05) is 39.6 Å². The third kappa shape index (κ3) is 14.7. The summed E-state index contributed by atoms with van der Waals surface area (Å²) in [5, 5.41) is 54.8. The first-order valence-electron chi connectivity index (χ1n) is 35.3. The van der Waals surface area contributed by atoms with Crippen molar-refractivity contribution >= 4 is 71.4 Å². The van der Waals surface area contributed by atoms with Crippen molar-refractivity contribution in [3.63, 3.8) is 0 Å². The number of aromatic nitrogens is 6. The zero-order valence-corrected chi connectivity index (χ0v) is 61.4. The molecule has 3 atom stereocenters. The molecule has 19 heteroatoms. The van der Waals surface area contributed by atoms with Crippen LogP contribution in [0.25, 0.3) is 98.8 Å². The van der Waals surface area contributed by atoms with Crippen molar-refractivity contribution in [3.8, 4) is 68.8 Å². The summed E-state index contributed by atoms with van der Waals surface area (Å²) < 4.78 is 42.5. The number of aryl methyl sites for hydroxylation is 3. The number of esters is 1.